The van der Waals surface area contributed by atoms with Crippen molar-refractivity contribution in [3.05, 3.63) is 0 Å². The molecule has 30 valence electrons. The Bertz CT molecular complexity index is 11.6. The quantitative estimate of drug-likeness (QED) is 0.556. The van der Waals surface area contributed by atoms with Crippen LogP contribution in [0.3, 0.4) is 0 Å². The molecule has 0 atom stereocenters. The number of hydrogen-bond donors (Lipinski definition) is 0. The van der Waals surface area contributed by atoms with Crippen LogP contribution < -0.4 is 0 Å². The van der Waals surface area contributed by atoms with E-state index in [-0.39, 0.29) is 29.6 Å². The van der Waals surface area contributed by atoms with Gasteiger partial charge in [-0.1, -0.05) is 0 Å². The molecule has 0 aliphatic carbocycles. The van der Waals surface area contributed by atoms with E-state index in [0.29, 0.717) is 0 Å². The number of rotatable bonds is 0. The first kappa shape index (κ1) is 10.5. The van der Waals surface area contributed by atoms with Crippen LogP contribution >= 0.6 is 29.1 Å². The topological polar surface area (TPSA) is 0 Å². The molecular weight excluding hydrogens is 230 g/mol. The summed E-state index contributed by atoms with van der Waals surface area (Å²) in [6.45, 7) is 0. The smallest absolute Gasteiger partial charge is 0 e. The van der Waals surface area contributed by atoms with Gasteiger partial charge in [0.05, 0.1) is 0 Å². The van der Waals surface area contributed by atoms with Gasteiger partial charge in [-0.2, -0.15) is 0 Å². The first-order valence-corrected chi connectivity index (χ1v) is 7.12. The van der Waals surface area contributed by atoms with Crippen LogP contribution in [0.5, 0.6) is 0 Å². The van der Waals surface area contributed by atoms with Crippen molar-refractivity contribution >= 4 is 58.6 Å². The monoisotopic (exact) mass is 230 g/mol. The van der Waals surface area contributed by atoms with Gasteiger partial charge < -0.3 is 0 Å². The van der Waals surface area contributed by atoms with Crippen LogP contribution in [0.1, 0.15) is 0 Å². The molecule has 0 saturated carbocycles. The summed E-state index contributed by atoms with van der Waals surface area (Å²) in [4.78, 5) is 0. The van der Waals surface area contributed by atoms with E-state index in [4.69, 9.17) is 29.1 Å². The maximum Gasteiger partial charge on any atom is 0 e. The van der Waals surface area contributed by atoms with E-state index in [1.54, 1.807) is 0 Å². The van der Waals surface area contributed by atoms with E-state index in [1.807, 2.05) is 0 Å². The standard InChI is InChI=1S/3ClH.Na.Ru/h3*1H;;/q;;;;+3/p-3. The minimum Gasteiger partial charge on any atom is 0 e. The third-order valence-electron chi connectivity index (χ3n) is 0. The molecule has 5 heavy (non-hydrogen) atoms. The van der Waals surface area contributed by atoms with Gasteiger partial charge in [0.1, 0.15) is 0 Å². The summed E-state index contributed by atoms with van der Waals surface area (Å²) >= 11 is -1.75. The molecule has 0 N–H and O–H groups in total. The van der Waals surface area contributed by atoms with E-state index in [2.05, 4.69) is 0 Å². The second-order valence-corrected chi connectivity index (χ2v) is 8.07. The Hall–Kier alpha value is 2.49. The van der Waals surface area contributed by atoms with E-state index in [1.165, 1.54) is 0 Å². The van der Waals surface area contributed by atoms with Gasteiger partial charge in [-0.15, -0.1) is 0 Å². The molecule has 0 saturated heterocycles. The molecule has 0 spiro atoms. The summed E-state index contributed by atoms with van der Waals surface area (Å²) in [5.41, 5.74) is 0. The van der Waals surface area contributed by atoms with E-state index < -0.39 is 13.0 Å². The van der Waals surface area contributed by atoms with Crippen LogP contribution in [0.2, 0.25) is 0 Å². The first-order chi connectivity index (χ1) is 1.73. The normalized spacial score (nSPS) is 9.00. The zero-order valence-corrected chi connectivity index (χ0v) is 8.49. The van der Waals surface area contributed by atoms with Gasteiger partial charge in [-0.25, -0.2) is 0 Å². The molecule has 0 aliphatic rings. The fraction of sp³-hybridized carbons (Fsp3) is 0. The predicted octanol–water partition coefficient (Wildman–Crippen LogP) is 1.69. The van der Waals surface area contributed by atoms with E-state index >= 15 is 0 Å². The van der Waals surface area contributed by atoms with Crippen LogP contribution in [0.4, 0.5) is 0 Å². The molecule has 0 fully saturated rings. The molecule has 0 bridgehead atoms. The fourth-order valence-electron chi connectivity index (χ4n) is 0. The first-order valence-electron chi connectivity index (χ1n) is 0.401. The Morgan fingerprint density at radius 1 is 1.00 bits per heavy atom. The molecule has 0 aromatic rings. The van der Waals surface area contributed by atoms with Gasteiger partial charge in [0, 0.05) is 29.6 Å². The average Bonchev–Trinajstić information content (AvgIpc) is 0.811. The van der Waals surface area contributed by atoms with Crippen molar-refractivity contribution < 1.29 is 13.0 Å². The predicted molar refractivity (Wildman–Crippen MR) is 23.3 cm³/mol. The molecule has 1 radical (unpaired) electrons. The van der Waals surface area contributed by atoms with Crippen LogP contribution in [0.15, 0.2) is 0 Å². The van der Waals surface area contributed by atoms with Crippen LogP contribution in [-0.4, -0.2) is 29.6 Å². The average molecular weight is 230 g/mol. The van der Waals surface area contributed by atoms with Gasteiger partial charge in [-0.3, -0.25) is 0 Å². The zero-order chi connectivity index (χ0) is 3.58. The largest absolute Gasteiger partial charge is 0 e. The Morgan fingerprint density at radius 2 is 1.00 bits per heavy atom. The van der Waals surface area contributed by atoms with Crippen LogP contribution in [0.25, 0.3) is 0 Å². The van der Waals surface area contributed by atoms with Gasteiger partial charge >= 0.3 is 42.1 Å². The fourth-order valence-corrected chi connectivity index (χ4v) is 0. The second kappa shape index (κ2) is 6.49. The summed E-state index contributed by atoms with van der Waals surface area (Å²) in [5.74, 6) is 0. The minimum absolute atomic E-state index is 0. The van der Waals surface area contributed by atoms with Crippen LogP contribution in [0, 0.1) is 0 Å². The molecule has 0 unspecified atom stereocenters. The van der Waals surface area contributed by atoms with Crippen molar-refractivity contribution in [1.29, 1.82) is 0 Å². The molecular formula is Cl3NaRu. The van der Waals surface area contributed by atoms with Crippen molar-refractivity contribution in [2.75, 3.05) is 0 Å². The molecule has 0 nitrogen and oxygen atoms in total. The van der Waals surface area contributed by atoms with Gasteiger partial charge in [0.2, 0.25) is 0 Å². The summed E-state index contributed by atoms with van der Waals surface area (Å²) in [6, 6.07) is 0. The second-order valence-electron chi connectivity index (χ2n) is 0.152. The van der Waals surface area contributed by atoms with E-state index in [0.717, 1.165) is 0 Å². The van der Waals surface area contributed by atoms with Crippen molar-refractivity contribution in [1.82, 2.24) is 0 Å². The van der Waals surface area contributed by atoms with E-state index in [9.17, 15) is 0 Å². The van der Waals surface area contributed by atoms with Gasteiger partial charge in [0.15, 0.2) is 0 Å². The summed E-state index contributed by atoms with van der Waals surface area (Å²) in [5, 5.41) is 0. The summed E-state index contributed by atoms with van der Waals surface area (Å²) in [7, 11) is 14.8. The number of halogens is 3. The molecule has 0 aliphatic heterocycles. The molecule has 0 rings (SSSR count). The SMILES string of the molecule is [Cl][Ru]([Cl])[Cl].[Na]. The molecule has 0 amide bonds. The Balaban J connectivity index is 0. The zero-order valence-electron chi connectivity index (χ0n) is 2.49. The third kappa shape index (κ3) is 21.1. The number of hydrogen-bond acceptors (Lipinski definition) is 0. The molecule has 5 heteroatoms. The van der Waals surface area contributed by atoms with Crippen molar-refractivity contribution in [3.8, 4) is 0 Å². The Labute approximate surface area is 70.5 Å². The maximum absolute atomic E-state index is 4.95. The summed E-state index contributed by atoms with van der Waals surface area (Å²) in [6.07, 6.45) is 0. The summed E-state index contributed by atoms with van der Waals surface area (Å²) < 4.78 is 0. The third-order valence-corrected chi connectivity index (χ3v) is 0. The van der Waals surface area contributed by atoms with Crippen LogP contribution in [-0.2, 0) is 13.0 Å². The molecule has 0 aromatic heterocycles. The van der Waals surface area contributed by atoms with Crippen molar-refractivity contribution in [2.24, 2.45) is 0 Å². The Kier molecular flexibility index (Phi) is 13.6. The van der Waals surface area contributed by atoms with Crippen molar-refractivity contribution in [2.45, 2.75) is 0 Å². The van der Waals surface area contributed by atoms with Crippen molar-refractivity contribution in [3.63, 3.8) is 0 Å². The minimum atomic E-state index is -1.75. The van der Waals surface area contributed by atoms with Gasteiger partial charge in [-0.05, 0) is 0 Å². The Morgan fingerprint density at radius 3 is 1.00 bits per heavy atom. The van der Waals surface area contributed by atoms with Gasteiger partial charge in [0.25, 0.3) is 0 Å². The maximum atomic E-state index is 4.95. The molecule has 0 heterocycles. The molecule has 0 aromatic carbocycles.